The highest BCUT2D eigenvalue weighted by molar-refractivity contribution is 5.98. The van der Waals surface area contributed by atoms with Crippen molar-refractivity contribution >= 4 is 17.2 Å². The lowest BCUT2D eigenvalue weighted by atomic mass is 9.90. The number of anilines is 1. The number of aromatic nitrogens is 3. The first-order chi connectivity index (χ1) is 22.4. The van der Waals surface area contributed by atoms with Gasteiger partial charge >= 0.3 is 5.69 Å². The van der Waals surface area contributed by atoms with Gasteiger partial charge in [0.1, 0.15) is 11.4 Å². The summed E-state index contributed by atoms with van der Waals surface area (Å²) in [5, 5.41) is 19.2. The van der Waals surface area contributed by atoms with Crippen molar-refractivity contribution in [3.8, 4) is 0 Å². The summed E-state index contributed by atoms with van der Waals surface area (Å²) in [6, 6.07) is 9.00. The van der Waals surface area contributed by atoms with Crippen LogP contribution in [0.1, 0.15) is 44.5 Å². The zero-order chi connectivity index (χ0) is 33.1. The molecule has 0 radical (unpaired) electrons. The number of aliphatic hydroxyl groups is 1. The highest BCUT2D eigenvalue weighted by atomic mass is 19.1. The third-order valence-corrected chi connectivity index (χ3v) is 10.2. The van der Waals surface area contributed by atoms with Gasteiger partial charge in [0.05, 0.1) is 50.9 Å². The van der Waals surface area contributed by atoms with Gasteiger partial charge < -0.3 is 24.8 Å². The Balaban J connectivity index is 1.24. The van der Waals surface area contributed by atoms with Crippen molar-refractivity contribution in [2.75, 3.05) is 70.6 Å². The van der Waals surface area contributed by atoms with Crippen LogP contribution in [0, 0.1) is 5.82 Å². The van der Waals surface area contributed by atoms with E-state index < -0.39 is 11.0 Å². The number of carbonyl (C=O) groups is 1. The van der Waals surface area contributed by atoms with E-state index in [1.54, 1.807) is 16.5 Å². The number of carbonyl (C=O) groups excluding carboxylic acids is 1. The maximum absolute atomic E-state index is 14.4. The molecule has 3 atom stereocenters. The zero-order valence-electron chi connectivity index (χ0n) is 27.7. The Morgan fingerprint density at radius 3 is 2.62 bits per heavy atom. The smallest absolute Gasteiger partial charge is 0.350 e. The average molecular weight is 652 g/mol. The Kier molecular flexibility index (Phi) is 8.50. The Hall–Kier alpha value is -3.20. The van der Waals surface area contributed by atoms with Crippen LogP contribution in [0.25, 0.3) is 5.65 Å². The summed E-state index contributed by atoms with van der Waals surface area (Å²) in [7, 11) is 0. The molecule has 4 aliphatic heterocycles. The van der Waals surface area contributed by atoms with Crippen LogP contribution in [-0.2, 0) is 32.6 Å². The Morgan fingerprint density at radius 1 is 1.15 bits per heavy atom. The molecule has 0 aliphatic carbocycles. The number of hydrogen-bond donors (Lipinski definition) is 2. The van der Waals surface area contributed by atoms with Crippen LogP contribution in [-0.4, -0.2) is 124 Å². The molecule has 0 saturated carbocycles. The number of hydrogen-bond acceptors (Lipinski definition) is 9. The van der Waals surface area contributed by atoms with E-state index >= 15 is 0 Å². The van der Waals surface area contributed by atoms with Gasteiger partial charge in [0.25, 0.3) is 0 Å². The lowest BCUT2D eigenvalue weighted by Crippen LogP contribution is -2.62. The predicted octanol–water partition coefficient (Wildman–Crippen LogP) is 0.994. The minimum atomic E-state index is -1.16. The molecule has 7 rings (SSSR count). The lowest BCUT2D eigenvalue weighted by Gasteiger charge is -2.43. The first-order valence-electron chi connectivity index (χ1n) is 16.7. The number of fused-ring (bicyclic) bond motifs is 3. The van der Waals surface area contributed by atoms with Gasteiger partial charge in [0, 0.05) is 68.2 Å². The van der Waals surface area contributed by atoms with E-state index in [1.165, 1.54) is 16.8 Å². The number of benzene rings is 1. The molecule has 3 saturated heterocycles. The number of halogens is 1. The second-order valence-electron chi connectivity index (χ2n) is 14.7. The molecule has 13 heteroatoms. The molecule has 0 unspecified atom stereocenters. The van der Waals surface area contributed by atoms with Gasteiger partial charge in [-0.3, -0.25) is 14.6 Å². The molecule has 3 fully saturated rings. The second-order valence-corrected chi connectivity index (χ2v) is 14.7. The third-order valence-electron chi connectivity index (χ3n) is 10.2. The van der Waals surface area contributed by atoms with Crippen LogP contribution >= 0.6 is 0 Å². The first kappa shape index (κ1) is 32.4. The molecule has 0 spiro atoms. The Labute approximate surface area is 274 Å². The van der Waals surface area contributed by atoms with Crippen molar-refractivity contribution in [3.05, 3.63) is 63.5 Å². The van der Waals surface area contributed by atoms with E-state index in [2.05, 4.69) is 29.0 Å². The summed E-state index contributed by atoms with van der Waals surface area (Å²) >= 11 is 0. The molecule has 6 heterocycles. The number of amides is 1. The fourth-order valence-corrected chi connectivity index (χ4v) is 7.59. The van der Waals surface area contributed by atoms with Crippen LogP contribution in [0.5, 0.6) is 0 Å². The van der Waals surface area contributed by atoms with Gasteiger partial charge in [-0.1, -0.05) is 26.0 Å². The van der Waals surface area contributed by atoms with Gasteiger partial charge in [-0.2, -0.15) is 0 Å². The molecule has 1 aromatic carbocycles. The first-order valence-corrected chi connectivity index (χ1v) is 16.7. The van der Waals surface area contributed by atoms with Crippen LogP contribution in [0.3, 0.4) is 0 Å². The average Bonchev–Trinajstić information content (AvgIpc) is 3.48. The Bertz CT molecular complexity index is 1700. The van der Waals surface area contributed by atoms with Crippen molar-refractivity contribution < 1.29 is 23.8 Å². The van der Waals surface area contributed by atoms with E-state index in [0.717, 1.165) is 49.6 Å². The molecule has 4 aliphatic rings. The van der Waals surface area contributed by atoms with E-state index in [4.69, 9.17) is 14.6 Å². The second kappa shape index (κ2) is 12.4. The van der Waals surface area contributed by atoms with Gasteiger partial charge in [0.2, 0.25) is 5.91 Å². The van der Waals surface area contributed by atoms with Gasteiger partial charge in [-0.25, -0.2) is 18.3 Å². The van der Waals surface area contributed by atoms with E-state index in [9.17, 15) is 19.1 Å². The van der Waals surface area contributed by atoms with Crippen LogP contribution in [0.4, 0.5) is 10.1 Å². The zero-order valence-corrected chi connectivity index (χ0v) is 27.7. The predicted molar refractivity (Wildman–Crippen MR) is 174 cm³/mol. The van der Waals surface area contributed by atoms with Crippen molar-refractivity contribution in [2.24, 2.45) is 0 Å². The number of nitrogens with one attached hydrogen (secondary N) is 1. The van der Waals surface area contributed by atoms with Crippen molar-refractivity contribution in [1.82, 2.24) is 29.3 Å². The molecule has 2 N–H and O–H groups in total. The molecule has 254 valence electrons. The molecule has 0 bridgehead atoms. The number of morpholine rings is 1. The fraction of sp³-hybridized carbons (Fsp3) is 0.618. The number of piperazine rings is 1. The molecule has 3 aromatic rings. The molecule has 2 aromatic heterocycles. The summed E-state index contributed by atoms with van der Waals surface area (Å²) in [4.78, 5) is 35.0. The topological polar surface area (TPSA) is 117 Å². The summed E-state index contributed by atoms with van der Waals surface area (Å²) < 4.78 is 27.6. The van der Waals surface area contributed by atoms with E-state index in [-0.39, 0.29) is 55.8 Å². The molecular formula is C34H46FN7O5. The third kappa shape index (κ3) is 6.25. The lowest BCUT2D eigenvalue weighted by molar-refractivity contribution is -0.186. The monoisotopic (exact) mass is 651 g/mol. The number of rotatable bonds is 8. The van der Waals surface area contributed by atoms with E-state index in [1.807, 2.05) is 24.8 Å². The number of ether oxygens (including phenoxy) is 2. The molecule has 1 amide bonds. The van der Waals surface area contributed by atoms with Crippen molar-refractivity contribution in [2.45, 2.75) is 69.8 Å². The minimum absolute atomic E-state index is 0.00563. The summed E-state index contributed by atoms with van der Waals surface area (Å²) in [5.41, 5.74) is 1.42. The molecular weight excluding hydrogens is 605 g/mol. The molecule has 47 heavy (non-hydrogen) atoms. The van der Waals surface area contributed by atoms with Crippen molar-refractivity contribution in [3.63, 3.8) is 0 Å². The quantitative estimate of drug-likeness (QED) is 0.368. The normalized spacial score (nSPS) is 26.0. The minimum Gasteiger partial charge on any atom is -0.383 e. The highest BCUT2D eigenvalue weighted by Gasteiger charge is 2.44. The van der Waals surface area contributed by atoms with Crippen LogP contribution in [0.2, 0.25) is 0 Å². The maximum Gasteiger partial charge on any atom is 0.350 e. The van der Waals surface area contributed by atoms with Gasteiger partial charge in [-0.05, 0) is 37.6 Å². The van der Waals surface area contributed by atoms with Gasteiger partial charge in [-0.15, -0.1) is 5.10 Å². The standard InChI is InChI=1S/C34H46FN7O5/c1-22-14-39(27(13-36-22)15-38-9-10-46-17-23(38)2)16-29(43)40-18-33(3,4)30-28(40)12-25(11-24-5-7-26(35)8-6-24)31-37-41(32(44)42(30)31)19-34(45)20-47-21-34/h5-8,12,22-23,27,36,45H,9-11,13-21H2,1-4H3/t22-,23-,27-/m1/s1. The van der Waals surface area contributed by atoms with Gasteiger partial charge in [0.15, 0.2) is 5.65 Å². The summed E-state index contributed by atoms with van der Waals surface area (Å²) in [5.74, 6) is -0.342. The molecule has 12 nitrogen and oxygen atoms in total. The number of nitrogens with zero attached hydrogens (tertiary/aromatic N) is 6. The fourth-order valence-electron chi connectivity index (χ4n) is 7.59. The largest absolute Gasteiger partial charge is 0.383 e. The van der Waals surface area contributed by atoms with Crippen molar-refractivity contribution in [1.29, 1.82) is 0 Å². The Morgan fingerprint density at radius 2 is 1.91 bits per heavy atom. The van der Waals surface area contributed by atoms with Crippen LogP contribution < -0.4 is 15.9 Å². The summed E-state index contributed by atoms with van der Waals surface area (Å²) in [6.07, 6.45) is 0.387. The maximum atomic E-state index is 14.4. The SMILES string of the molecule is C[C@@H]1CN(CC(=O)N2CC(C)(C)c3c2cc(Cc2ccc(F)cc2)c2nn(CC4(O)COC4)c(=O)n32)[C@@H](CN2CCOC[C@H]2C)CN1. The number of pyridine rings is 1. The summed E-state index contributed by atoms with van der Waals surface area (Å²) in [6.45, 7) is 14.1. The van der Waals surface area contributed by atoms with E-state index in [0.29, 0.717) is 36.9 Å². The highest BCUT2D eigenvalue weighted by Crippen LogP contribution is 2.42. The van der Waals surface area contributed by atoms with Crippen LogP contribution in [0.15, 0.2) is 35.1 Å².